The van der Waals surface area contributed by atoms with Gasteiger partial charge in [-0.3, -0.25) is 9.59 Å². The van der Waals surface area contributed by atoms with Crippen LogP contribution in [0.1, 0.15) is 21.9 Å². The van der Waals surface area contributed by atoms with Crippen molar-refractivity contribution >= 4 is 5.91 Å². The van der Waals surface area contributed by atoms with Crippen molar-refractivity contribution in [2.45, 2.75) is 20.4 Å². The lowest BCUT2D eigenvalue weighted by Gasteiger charge is -2.09. The van der Waals surface area contributed by atoms with Crippen LogP contribution in [-0.2, 0) is 6.54 Å². The number of rotatable bonds is 5. The number of nitrogens with one attached hydrogen (secondary N) is 1. The van der Waals surface area contributed by atoms with Crippen LogP contribution in [0.3, 0.4) is 0 Å². The molecule has 3 rings (SSSR count). The van der Waals surface area contributed by atoms with Crippen molar-refractivity contribution in [2.75, 3.05) is 6.54 Å². The Kier molecular flexibility index (Phi) is 5.16. The number of carbonyl (C=O) groups excluding carboxylic acids is 1. The van der Waals surface area contributed by atoms with Gasteiger partial charge in [-0.15, -0.1) is 0 Å². The quantitative estimate of drug-likeness (QED) is 0.746. The zero-order valence-electron chi connectivity index (χ0n) is 14.8. The summed E-state index contributed by atoms with van der Waals surface area (Å²) in [4.78, 5) is 24.0. The number of carbonyl (C=O) groups is 1. The van der Waals surface area contributed by atoms with E-state index in [1.54, 1.807) is 13.0 Å². The van der Waals surface area contributed by atoms with Crippen molar-refractivity contribution in [1.29, 1.82) is 0 Å². The van der Waals surface area contributed by atoms with E-state index in [0.29, 0.717) is 11.5 Å². The van der Waals surface area contributed by atoms with Crippen molar-refractivity contribution < 1.29 is 18.0 Å². The molecule has 0 atom stereocenters. The van der Waals surface area contributed by atoms with Gasteiger partial charge in [0.1, 0.15) is 28.7 Å². The SMILES string of the molecule is Cc1cc(-c2ccc(=O)n(CCNC(=O)c3c(F)cccc3F)n2)c(C)o1. The van der Waals surface area contributed by atoms with Crippen molar-refractivity contribution in [3.05, 3.63) is 75.5 Å². The third-order valence-corrected chi connectivity index (χ3v) is 3.98. The highest BCUT2D eigenvalue weighted by atomic mass is 19.1. The van der Waals surface area contributed by atoms with Crippen LogP contribution in [0.2, 0.25) is 0 Å². The maximum Gasteiger partial charge on any atom is 0.266 e. The summed E-state index contributed by atoms with van der Waals surface area (Å²) in [7, 11) is 0. The predicted molar refractivity (Wildman–Crippen MR) is 94.4 cm³/mol. The van der Waals surface area contributed by atoms with Gasteiger partial charge >= 0.3 is 0 Å². The van der Waals surface area contributed by atoms with Gasteiger partial charge in [-0.2, -0.15) is 5.10 Å². The number of hydrogen-bond donors (Lipinski definition) is 1. The summed E-state index contributed by atoms with van der Waals surface area (Å²) < 4.78 is 33.9. The number of benzene rings is 1. The van der Waals surface area contributed by atoms with Crippen molar-refractivity contribution in [3.63, 3.8) is 0 Å². The molecule has 2 aromatic heterocycles. The molecule has 0 fully saturated rings. The summed E-state index contributed by atoms with van der Waals surface area (Å²) in [5, 5.41) is 6.66. The maximum atomic E-state index is 13.6. The molecule has 1 N–H and O–H groups in total. The van der Waals surface area contributed by atoms with Crippen molar-refractivity contribution in [3.8, 4) is 11.3 Å². The number of aryl methyl sites for hydroxylation is 2. The third-order valence-electron chi connectivity index (χ3n) is 3.98. The van der Waals surface area contributed by atoms with Gasteiger partial charge in [-0.05, 0) is 38.1 Å². The molecule has 27 heavy (non-hydrogen) atoms. The van der Waals surface area contributed by atoms with Gasteiger partial charge in [0.15, 0.2) is 0 Å². The minimum absolute atomic E-state index is 0.0215. The lowest BCUT2D eigenvalue weighted by atomic mass is 10.2. The first-order valence-electron chi connectivity index (χ1n) is 8.24. The van der Waals surface area contributed by atoms with E-state index in [9.17, 15) is 18.4 Å². The Balaban J connectivity index is 1.73. The number of furan rings is 1. The largest absolute Gasteiger partial charge is 0.466 e. The summed E-state index contributed by atoms with van der Waals surface area (Å²) in [6, 6.07) is 7.95. The van der Waals surface area contributed by atoms with E-state index in [-0.39, 0.29) is 18.6 Å². The average Bonchev–Trinajstić information content (AvgIpc) is 2.95. The number of hydrogen-bond acceptors (Lipinski definition) is 4. The standard InChI is InChI=1S/C19H17F2N3O3/c1-11-10-13(12(2)27-11)16-6-7-17(25)24(23-16)9-8-22-19(26)18-14(20)4-3-5-15(18)21/h3-7,10H,8-9H2,1-2H3,(H,22,26). The molecule has 0 spiro atoms. The van der Waals surface area contributed by atoms with E-state index < -0.39 is 23.1 Å². The maximum absolute atomic E-state index is 13.6. The summed E-state index contributed by atoms with van der Waals surface area (Å²) in [5.74, 6) is -1.39. The molecule has 1 amide bonds. The fraction of sp³-hybridized carbons (Fsp3) is 0.211. The first-order valence-corrected chi connectivity index (χ1v) is 8.24. The molecule has 0 aliphatic rings. The lowest BCUT2D eigenvalue weighted by molar-refractivity contribution is 0.0943. The molecule has 1 aromatic carbocycles. The fourth-order valence-corrected chi connectivity index (χ4v) is 2.72. The summed E-state index contributed by atoms with van der Waals surface area (Å²) in [6.45, 7) is 3.63. The number of aromatic nitrogens is 2. The molecule has 0 aliphatic heterocycles. The lowest BCUT2D eigenvalue weighted by Crippen LogP contribution is -2.32. The molecule has 6 nitrogen and oxygen atoms in total. The van der Waals surface area contributed by atoms with Gasteiger partial charge in [0, 0.05) is 18.2 Å². The first-order chi connectivity index (χ1) is 12.9. The summed E-state index contributed by atoms with van der Waals surface area (Å²) >= 11 is 0. The van der Waals surface area contributed by atoms with Crippen LogP contribution in [0.5, 0.6) is 0 Å². The van der Waals surface area contributed by atoms with Gasteiger partial charge in [0.25, 0.3) is 11.5 Å². The van der Waals surface area contributed by atoms with Gasteiger partial charge in [0.2, 0.25) is 0 Å². The molecule has 8 heteroatoms. The predicted octanol–water partition coefficient (Wildman–Crippen LogP) is 2.83. The van der Waals surface area contributed by atoms with Gasteiger partial charge in [0.05, 0.1) is 12.2 Å². The Hall–Kier alpha value is -3.29. The zero-order chi connectivity index (χ0) is 19.6. The Morgan fingerprint density at radius 2 is 1.89 bits per heavy atom. The topological polar surface area (TPSA) is 77.1 Å². The van der Waals surface area contributed by atoms with Crippen LogP contribution in [-0.4, -0.2) is 22.2 Å². The summed E-state index contributed by atoms with van der Waals surface area (Å²) in [5.41, 5.74) is 0.299. The fourth-order valence-electron chi connectivity index (χ4n) is 2.72. The first kappa shape index (κ1) is 18.5. The van der Waals surface area contributed by atoms with E-state index in [2.05, 4.69) is 10.4 Å². The molecule has 0 unspecified atom stereocenters. The highest BCUT2D eigenvalue weighted by Crippen LogP contribution is 2.23. The molecule has 140 valence electrons. The smallest absolute Gasteiger partial charge is 0.266 e. The molecular formula is C19H17F2N3O3. The van der Waals surface area contributed by atoms with E-state index in [4.69, 9.17) is 4.42 Å². The second-order valence-electron chi connectivity index (χ2n) is 5.96. The monoisotopic (exact) mass is 373 g/mol. The minimum Gasteiger partial charge on any atom is -0.466 e. The Morgan fingerprint density at radius 1 is 1.19 bits per heavy atom. The van der Waals surface area contributed by atoms with Gasteiger partial charge < -0.3 is 9.73 Å². The molecule has 2 heterocycles. The Bertz CT molecular complexity index is 1040. The third kappa shape index (κ3) is 3.94. The van der Waals surface area contributed by atoms with Crippen LogP contribution >= 0.6 is 0 Å². The summed E-state index contributed by atoms with van der Waals surface area (Å²) in [6.07, 6.45) is 0. The highest BCUT2D eigenvalue weighted by Gasteiger charge is 2.16. The van der Waals surface area contributed by atoms with Gasteiger partial charge in [-0.25, -0.2) is 13.5 Å². The van der Waals surface area contributed by atoms with Crippen LogP contribution in [0, 0.1) is 25.5 Å². The molecule has 0 aliphatic carbocycles. The van der Waals surface area contributed by atoms with Crippen LogP contribution in [0.25, 0.3) is 11.3 Å². The normalized spacial score (nSPS) is 10.8. The number of amides is 1. The number of nitrogens with zero attached hydrogens (tertiary/aromatic N) is 2. The van der Waals surface area contributed by atoms with E-state index in [0.717, 1.165) is 23.5 Å². The van der Waals surface area contributed by atoms with E-state index in [1.165, 1.54) is 16.8 Å². The van der Waals surface area contributed by atoms with Crippen molar-refractivity contribution in [1.82, 2.24) is 15.1 Å². The molecule has 0 radical (unpaired) electrons. The minimum atomic E-state index is -0.949. The van der Waals surface area contributed by atoms with Crippen LogP contribution in [0.15, 0.2) is 45.6 Å². The Labute approximate surface area is 153 Å². The molecular weight excluding hydrogens is 356 g/mol. The average molecular weight is 373 g/mol. The van der Waals surface area contributed by atoms with Crippen LogP contribution < -0.4 is 10.9 Å². The van der Waals surface area contributed by atoms with E-state index in [1.807, 2.05) is 13.0 Å². The molecule has 0 bridgehead atoms. The van der Waals surface area contributed by atoms with Crippen LogP contribution in [0.4, 0.5) is 8.78 Å². The van der Waals surface area contributed by atoms with E-state index >= 15 is 0 Å². The molecule has 3 aromatic rings. The van der Waals surface area contributed by atoms with Gasteiger partial charge in [-0.1, -0.05) is 6.07 Å². The second kappa shape index (κ2) is 7.53. The van der Waals surface area contributed by atoms with Crippen molar-refractivity contribution in [2.24, 2.45) is 0 Å². The highest BCUT2D eigenvalue weighted by molar-refractivity contribution is 5.94. The molecule has 0 saturated heterocycles. The molecule has 0 saturated carbocycles. The second-order valence-corrected chi connectivity index (χ2v) is 5.96. The zero-order valence-corrected chi connectivity index (χ0v) is 14.8. The number of halogens is 2. The Morgan fingerprint density at radius 3 is 2.52 bits per heavy atom.